The highest BCUT2D eigenvalue weighted by Crippen LogP contribution is 2.26. The number of ketones is 1. The van der Waals surface area contributed by atoms with Gasteiger partial charge in [-0.15, -0.1) is 6.58 Å². The summed E-state index contributed by atoms with van der Waals surface area (Å²) in [6.07, 6.45) is 1.61. The summed E-state index contributed by atoms with van der Waals surface area (Å²) in [5.41, 5.74) is 2.15. The van der Waals surface area contributed by atoms with Crippen molar-refractivity contribution < 1.29 is 19.1 Å². The fraction of sp³-hybridized carbons (Fsp3) is 0.550. The zero-order valence-electron chi connectivity index (χ0n) is 16.9. The summed E-state index contributed by atoms with van der Waals surface area (Å²) in [7, 11) is 1.32. The maximum Gasteiger partial charge on any atom is 0.354 e. The molecule has 1 aromatic rings. The number of ether oxygens (including phenoxy) is 1. The van der Waals surface area contributed by atoms with Gasteiger partial charge in [-0.05, 0) is 33.3 Å². The number of hydrogen-bond acceptors (Lipinski definition) is 4. The van der Waals surface area contributed by atoms with Crippen molar-refractivity contribution in [2.45, 2.75) is 54.1 Å². The number of esters is 1. The molecule has 0 aromatic carbocycles. The van der Waals surface area contributed by atoms with Crippen molar-refractivity contribution in [2.75, 3.05) is 13.7 Å². The summed E-state index contributed by atoms with van der Waals surface area (Å²) in [6, 6.07) is -0.654. The van der Waals surface area contributed by atoms with Gasteiger partial charge in [-0.3, -0.25) is 9.59 Å². The average Bonchev–Trinajstić information content (AvgIpc) is 2.86. The number of carbonyl (C=O) groups is 3. The van der Waals surface area contributed by atoms with Gasteiger partial charge in [-0.25, -0.2) is 4.79 Å². The van der Waals surface area contributed by atoms with E-state index in [4.69, 9.17) is 4.74 Å². The SMILES string of the molecule is C=CCN(C(=O)C(C)C)C(C)C(=O)c1c(C)c(C(=O)OC)n(CC)c1C. The summed E-state index contributed by atoms with van der Waals surface area (Å²) in [5.74, 6) is -0.990. The number of nitrogens with zero attached hydrogens (tertiary/aromatic N) is 2. The fourth-order valence-electron chi connectivity index (χ4n) is 3.27. The minimum atomic E-state index is -0.654. The standard InChI is InChI=1S/C20H30N2O4/c1-9-11-22(19(24)12(3)4)15(7)18(23)16-13(5)17(20(25)26-8)21(10-2)14(16)6/h9,12,15H,1,10-11H2,2-8H3. The Morgan fingerprint density at radius 1 is 1.23 bits per heavy atom. The normalized spacial score (nSPS) is 12.0. The van der Waals surface area contributed by atoms with Gasteiger partial charge in [0.15, 0.2) is 5.78 Å². The van der Waals surface area contributed by atoms with Crippen molar-refractivity contribution in [3.63, 3.8) is 0 Å². The van der Waals surface area contributed by atoms with Gasteiger partial charge in [0, 0.05) is 30.3 Å². The van der Waals surface area contributed by atoms with Crippen molar-refractivity contribution >= 4 is 17.7 Å². The maximum atomic E-state index is 13.2. The lowest BCUT2D eigenvalue weighted by molar-refractivity contribution is -0.135. The van der Waals surface area contributed by atoms with Gasteiger partial charge in [0.05, 0.1) is 13.2 Å². The first-order chi connectivity index (χ1) is 12.1. The van der Waals surface area contributed by atoms with E-state index in [-0.39, 0.29) is 17.6 Å². The minimum absolute atomic E-state index is 0.107. The molecule has 0 aliphatic rings. The zero-order chi connectivity index (χ0) is 20.2. The van der Waals surface area contributed by atoms with Gasteiger partial charge < -0.3 is 14.2 Å². The lowest BCUT2D eigenvalue weighted by atomic mass is 9.99. The Balaban J connectivity index is 3.44. The second-order valence-electron chi connectivity index (χ2n) is 6.64. The highest BCUT2D eigenvalue weighted by molar-refractivity contribution is 6.06. The molecule has 0 aliphatic carbocycles. The Labute approximate surface area is 155 Å². The number of hydrogen-bond donors (Lipinski definition) is 0. The number of carbonyl (C=O) groups excluding carboxylic acids is 3. The molecular weight excluding hydrogens is 332 g/mol. The van der Waals surface area contributed by atoms with Crippen LogP contribution in [0.2, 0.25) is 0 Å². The quantitative estimate of drug-likeness (QED) is 0.405. The van der Waals surface area contributed by atoms with Crippen molar-refractivity contribution in [1.82, 2.24) is 9.47 Å². The summed E-state index contributed by atoms with van der Waals surface area (Å²) < 4.78 is 6.66. The predicted molar refractivity (Wildman–Crippen MR) is 101 cm³/mol. The molecular formula is C20H30N2O4. The molecule has 0 bridgehead atoms. The summed E-state index contributed by atoms with van der Waals surface area (Å²) in [4.78, 5) is 39.4. The molecule has 0 fully saturated rings. The number of amides is 1. The molecule has 144 valence electrons. The molecule has 0 saturated carbocycles. The van der Waals surface area contributed by atoms with Crippen LogP contribution in [0, 0.1) is 19.8 Å². The fourth-order valence-corrected chi connectivity index (χ4v) is 3.27. The molecule has 6 nitrogen and oxygen atoms in total. The second kappa shape index (κ2) is 8.83. The average molecular weight is 362 g/mol. The van der Waals surface area contributed by atoms with Crippen molar-refractivity contribution in [3.05, 3.63) is 35.2 Å². The molecule has 1 unspecified atom stereocenters. The van der Waals surface area contributed by atoms with Crippen LogP contribution in [0.5, 0.6) is 0 Å². The highest BCUT2D eigenvalue weighted by atomic mass is 16.5. The summed E-state index contributed by atoms with van der Waals surface area (Å²) in [6.45, 7) is 15.3. The molecule has 6 heteroatoms. The van der Waals surface area contributed by atoms with E-state index in [1.165, 1.54) is 12.0 Å². The van der Waals surface area contributed by atoms with Crippen LogP contribution in [-0.4, -0.2) is 46.8 Å². The van der Waals surface area contributed by atoms with Crippen molar-refractivity contribution in [2.24, 2.45) is 5.92 Å². The molecule has 1 aromatic heterocycles. The topological polar surface area (TPSA) is 68.6 Å². The van der Waals surface area contributed by atoms with E-state index in [0.717, 1.165) is 0 Å². The van der Waals surface area contributed by atoms with Crippen LogP contribution >= 0.6 is 0 Å². The van der Waals surface area contributed by atoms with Crippen LogP contribution in [0.3, 0.4) is 0 Å². The Morgan fingerprint density at radius 3 is 2.23 bits per heavy atom. The summed E-state index contributed by atoms with van der Waals surface area (Å²) in [5, 5.41) is 0. The smallest absolute Gasteiger partial charge is 0.354 e. The molecule has 0 saturated heterocycles. The van der Waals surface area contributed by atoms with Crippen LogP contribution < -0.4 is 0 Å². The van der Waals surface area contributed by atoms with Gasteiger partial charge in [0.25, 0.3) is 0 Å². The Kier molecular flexibility index (Phi) is 7.36. The molecule has 0 N–H and O–H groups in total. The maximum absolute atomic E-state index is 13.2. The number of methoxy groups -OCH3 is 1. The van der Waals surface area contributed by atoms with E-state index in [9.17, 15) is 14.4 Å². The second-order valence-corrected chi connectivity index (χ2v) is 6.64. The van der Waals surface area contributed by atoms with Crippen LogP contribution in [0.1, 0.15) is 59.8 Å². The van der Waals surface area contributed by atoms with Crippen LogP contribution in [0.4, 0.5) is 0 Å². The first kappa shape index (κ1) is 21.7. The van der Waals surface area contributed by atoms with Crippen molar-refractivity contribution in [1.29, 1.82) is 0 Å². The van der Waals surface area contributed by atoms with E-state index in [2.05, 4.69) is 6.58 Å². The molecule has 1 rings (SSSR count). The van der Waals surface area contributed by atoms with Gasteiger partial charge in [-0.1, -0.05) is 19.9 Å². The molecule has 0 spiro atoms. The minimum Gasteiger partial charge on any atom is -0.464 e. The van der Waals surface area contributed by atoms with Gasteiger partial charge in [0.1, 0.15) is 5.69 Å². The van der Waals surface area contributed by atoms with Crippen LogP contribution in [-0.2, 0) is 16.1 Å². The van der Waals surface area contributed by atoms with Gasteiger partial charge in [-0.2, -0.15) is 0 Å². The molecule has 26 heavy (non-hydrogen) atoms. The monoisotopic (exact) mass is 362 g/mol. The zero-order valence-corrected chi connectivity index (χ0v) is 16.9. The number of rotatable bonds is 8. The van der Waals surface area contributed by atoms with E-state index in [1.807, 2.05) is 13.8 Å². The molecule has 1 heterocycles. The third-order valence-electron chi connectivity index (χ3n) is 4.66. The number of Topliss-reactive ketones (excluding diaryl/α,β-unsaturated/α-hetero) is 1. The lowest BCUT2D eigenvalue weighted by Crippen LogP contribution is -2.45. The van der Waals surface area contributed by atoms with E-state index in [0.29, 0.717) is 35.6 Å². The highest BCUT2D eigenvalue weighted by Gasteiger charge is 2.32. The Hall–Kier alpha value is -2.37. The predicted octanol–water partition coefficient (Wildman–Crippen LogP) is 3.15. The first-order valence-corrected chi connectivity index (χ1v) is 8.87. The molecule has 1 amide bonds. The van der Waals surface area contributed by atoms with Gasteiger partial charge >= 0.3 is 5.97 Å². The van der Waals surface area contributed by atoms with E-state index < -0.39 is 12.0 Å². The lowest BCUT2D eigenvalue weighted by Gasteiger charge is -2.29. The van der Waals surface area contributed by atoms with E-state index >= 15 is 0 Å². The summed E-state index contributed by atoms with van der Waals surface area (Å²) >= 11 is 0. The molecule has 1 atom stereocenters. The third kappa shape index (κ3) is 3.89. The third-order valence-corrected chi connectivity index (χ3v) is 4.66. The van der Waals surface area contributed by atoms with E-state index in [1.54, 1.807) is 38.3 Å². The van der Waals surface area contributed by atoms with Gasteiger partial charge in [0.2, 0.25) is 5.91 Å². The van der Waals surface area contributed by atoms with Crippen molar-refractivity contribution in [3.8, 4) is 0 Å². The van der Waals surface area contributed by atoms with Crippen LogP contribution in [0.15, 0.2) is 12.7 Å². The van der Waals surface area contributed by atoms with Crippen LogP contribution in [0.25, 0.3) is 0 Å². The first-order valence-electron chi connectivity index (χ1n) is 8.87. The Morgan fingerprint density at radius 2 is 1.81 bits per heavy atom. The molecule has 0 radical (unpaired) electrons. The molecule has 0 aliphatic heterocycles. The number of aromatic nitrogens is 1. The largest absolute Gasteiger partial charge is 0.464 e. The Bertz CT molecular complexity index is 716.